The van der Waals surface area contributed by atoms with Crippen molar-refractivity contribution >= 4 is 0 Å². The topological polar surface area (TPSA) is 46.2 Å². The highest BCUT2D eigenvalue weighted by molar-refractivity contribution is 5.23. The van der Waals surface area contributed by atoms with E-state index in [1.165, 1.54) is 0 Å². The zero-order chi connectivity index (χ0) is 28.1. The van der Waals surface area contributed by atoms with Gasteiger partial charge in [-0.15, -0.1) is 6.42 Å². The van der Waals surface area contributed by atoms with Crippen molar-refractivity contribution in [1.82, 2.24) is 0 Å². The summed E-state index contributed by atoms with van der Waals surface area (Å²) in [5.41, 5.74) is 4.34. The van der Waals surface area contributed by atoms with E-state index in [2.05, 4.69) is 24.1 Å². The molecular weight excluding hydrogens is 512 g/mol. The molecule has 0 saturated carbocycles. The van der Waals surface area contributed by atoms with E-state index in [-0.39, 0.29) is 0 Å². The van der Waals surface area contributed by atoms with Gasteiger partial charge in [-0.2, -0.15) is 0 Å². The Hall–Kier alpha value is -3.50. The number of allylic oxidation sites excluding steroid dienone is 2. The fourth-order valence-electron chi connectivity index (χ4n) is 5.12. The molecule has 1 aliphatic carbocycles. The largest absolute Gasteiger partial charge is 0.374 e. The van der Waals surface area contributed by atoms with E-state index in [1.54, 1.807) is 0 Å². The molecule has 0 N–H and O–H groups in total. The highest BCUT2D eigenvalue weighted by Crippen LogP contribution is 2.31. The van der Waals surface area contributed by atoms with Gasteiger partial charge in [0.2, 0.25) is 0 Å². The molecule has 5 atom stereocenters. The van der Waals surface area contributed by atoms with E-state index in [1.807, 2.05) is 91.0 Å². The Morgan fingerprint density at radius 1 is 0.659 bits per heavy atom. The van der Waals surface area contributed by atoms with Crippen LogP contribution in [0, 0.1) is 12.3 Å². The van der Waals surface area contributed by atoms with Crippen molar-refractivity contribution in [2.75, 3.05) is 13.2 Å². The monoisotopic (exact) mass is 550 g/mol. The molecule has 5 rings (SSSR count). The number of ether oxygens (including phenoxy) is 5. The lowest BCUT2D eigenvalue weighted by molar-refractivity contribution is -0.257. The molecule has 1 saturated heterocycles. The van der Waals surface area contributed by atoms with Gasteiger partial charge >= 0.3 is 0 Å². The van der Waals surface area contributed by atoms with Gasteiger partial charge in [0.05, 0.1) is 33.0 Å². The molecule has 2 aliphatic rings. The van der Waals surface area contributed by atoms with Gasteiger partial charge in [0.25, 0.3) is 0 Å². The summed E-state index contributed by atoms with van der Waals surface area (Å²) < 4.78 is 32.4. The molecule has 5 heteroatoms. The average molecular weight is 551 g/mol. The molecule has 0 amide bonds. The van der Waals surface area contributed by atoms with Crippen LogP contribution in [0.3, 0.4) is 0 Å². The van der Waals surface area contributed by atoms with Crippen LogP contribution in [0.2, 0.25) is 0 Å². The molecule has 1 aliphatic heterocycles. The molecular formula is C36H38O5. The van der Waals surface area contributed by atoms with Crippen molar-refractivity contribution in [2.45, 2.75) is 63.2 Å². The predicted octanol–water partition coefficient (Wildman–Crippen LogP) is 6.44. The maximum atomic E-state index is 6.65. The lowest BCUT2D eigenvalue weighted by Crippen LogP contribution is -2.61. The highest BCUT2D eigenvalue weighted by atomic mass is 16.6. The molecule has 41 heavy (non-hydrogen) atoms. The molecule has 0 bridgehead atoms. The second-order valence-electron chi connectivity index (χ2n) is 10.3. The van der Waals surface area contributed by atoms with Crippen LogP contribution in [0.1, 0.15) is 29.5 Å². The van der Waals surface area contributed by atoms with Crippen LogP contribution in [-0.4, -0.2) is 43.7 Å². The van der Waals surface area contributed by atoms with Gasteiger partial charge in [-0.3, -0.25) is 0 Å². The van der Waals surface area contributed by atoms with E-state index < -0.39 is 30.5 Å². The van der Waals surface area contributed by atoms with Gasteiger partial charge in [0.1, 0.15) is 30.5 Å². The molecule has 3 aromatic carbocycles. The summed E-state index contributed by atoms with van der Waals surface area (Å²) in [5, 5.41) is 0. The SMILES string of the molecule is C#C[C@@H]1O[C@H](COCc2ccccc2)[C@@H](OCc2ccccc2)[C@H](OCC2=CCCC=C2)[C@H]1OCc1ccccc1. The Kier molecular flexibility index (Phi) is 11.0. The zero-order valence-electron chi connectivity index (χ0n) is 23.3. The molecule has 1 heterocycles. The van der Waals surface area contributed by atoms with Crippen LogP contribution < -0.4 is 0 Å². The fourth-order valence-corrected chi connectivity index (χ4v) is 5.12. The van der Waals surface area contributed by atoms with Gasteiger partial charge in [-0.1, -0.05) is 115 Å². The van der Waals surface area contributed by atoms with Crippen LogP contribution in [0.4, 0.5) is 0 Å². The first-order valence-electron chi connectivity index (χ1n) is 14.3. The van der Waals surface area contributed by atoms with Gasteiger partial charge in [-0.05, 0) is 35.1 Å². The van der Waals surface area contributed by atoms with Gasteiger partial charge in [0, 0.05) is 0 Å². The minimum Gasteiger partial charge on any atom is -0.374 e. The minimum absolute atomic E-state index is 0.306. The Bertz CT molecular complexity index is 1280. The Balaban J connectivity index is 1.38. The Morgan fingerprint density at radius 3 is 1.78 bits per heavy atom. The summed E-state index contributed by atoms with van der Waals surface area (Å²) in [6.07, 6.45) is 12.1. The van der Waals surface area contributed by atoms with E-state index in [0.29, 0.717) is 33.0 Å². The molecule has 0 aromatic heterocycles. The third-order valence-corrected chi connectivity index (χ3v) is 7.28. The maximum Gasteiger partial charge on any atom is 0.147 e. The third kappa shape index (κ3) is 8.50. The summed E-state index contributed by atoms with van der Waals surface area (Å²) in [4.78, 5) is 0. The molecule has 5 nitrogen and oxygen atoms in total. The van der Waals surface area contributed by atoms with Crippen molar-refractivity contribution in [2.24, 2.45) is 0 Å². The molecule has 212 valence electrons. The second-order valence-corrected chi connectivity index (χ2v) is 10.3. The fraction of sp³-hybridized carbons (Fsp3) is 0.333. The first-order valence-corrected chi connectivity index (χ1v) is 14.3. The van der Waals surface area contributed by atoms with Crippen molar-refractivity contribution in [3.8, 4) is 12.3 Å². The zero-order valence-corrected chi connectivity index (χ0v) is 23.3. The molecule has 0 spiro atoms. The van der Waals surface area contributed by atoms with E-state index >= 15 is 0 Å². The number of hydrogen-bond acceptors (Lipinski definition) is 5. The van der Waals surface area contributed by atoms with E-state index in [4.69, 9.17) is 30.1 Å². The number of hydrogen-bond donors (Lipinski definition) is 0. The van der Waals surface area contributed by atoms with Crippen molar-refractivity contribution < 1.29 is 23.7 Å². The lowest BCUT2D eigenvalue weighted by Gasteiger charge is -2.45. The van der Waals surface area contributed by atoms with E-state index in [9.17, 15) is 0 Å². The van der Waals surface area contributed by atoms with E-state index in [0.717, 1.165) is 35.1 Å². The Morgan fingerprint density at radius 2 is 1.22 bits per heavy atom. The second kappa shape index (κ2) is 15.5. The number of rotatable bonds is 13. The standard InChI is InChI=1S/C36H38O5/c1-2-32-34(38-24-29-17-9-4-10-18-29)36(40-26-31-21-13-6-14-22-31)35(39-25-30-19-11-5-12-20-30)33(41-32)27-37-23-28-15-7-3-8-16-28/h1,3-5,7-13,15-22,32-36H,6,14,23-27H2/t32-,33+,34-,35+,36+/m0/s1. The third-order valence-electron chi connectivity index (χ3n) is 7.28. The van der Waals surface area contributed by atoms with Gasteiger partial charge in [-0.25, -0.2) is 0 Å². The van der Waals surface area contributed by atoms with Crippen LogP contribution in [0.15, 0.2) is 115 Å². The quantitative estimate of drug-likeness (QED) is 0.229. The summed E-state index contributed by atoms with van der Waals surface area (Å²) in [5.74, 6) is 2.82. The molecule has 0 radical (unpaired) electrons. The summed E-state index contributed by atoms with van der Waals surface area (Å²) >= 11 is 0. The summed E-state index contributed by atoms with van der Waals surface area (Å²) in [6.45, 7) is 1.99. The first kappa shape index (κ1) is 29.0. The van der Waals surface area contributed by atoms with Gasteiger partial charge < -0.3 is 23.7 Å². The van der Waals surface area contributed by atoms with Crippen LogP contribution >= 0.6 is 0 Å². The maximum absolute atomic E-state index is 6.65. The molecule has 3 aromatic rings. The number of benzene rings is 3. The first-order chi connectivity index (χ1) is 20.3. The predicted molar refractivity (Wildman–Crippen MR) is 160 cm³/mol. The van der Waals surface area contributed by atoms with Crippen molar-refractivity contribution in [1.29, 1.82) is 0 Å². The minimum atomic E-state index is -0.624. The van der Waals surface area contributed by atoms with Crippen LogP contribution in [0.5, 0.6) is 0 Å². The van der Waals surface area contributed by atoms with Crippen molar-refractivity contribution in [3.63, 3.8) is 0 Å². The van der Waals surface area contributed by atoms with Crippen molar-refractivity contribution in [3.05, 3.63) is 131 Å². The highest BCUT2D eigenvalue weighted by Gasteiger charge is 2.48. The summed E-state index contributed by atoms with van der Waals surface area (Å²) in [7, 11) is 0. The van der Waals surface area contributed by atoms with Crippen LogP contribution in [-0.2, 0) is 43.5 Å². The van der Waals surface area contributed by atoms with Crippen LogP contribution in [0.25, 0.3) is 0 Å². The Labute approximate surface area is 243 Å². The van der Waals surface area contributed by atoms with Gasteiger partial charge in [0.15, 0.2) is 0 Å². The lowest BCUT2D eigenvalue weighted by atomic mass is 9.94. The average Bonchev–Trinajstić information content (AvgIpc) is 3.04. The molecule has 1 fully saturated rings. The smallest absolute Gasteiger partial charge is 0.147 e. The summed E-state index contributed by atoms with van der Waals surface area (Å²) in [6, 6.07) is 30.2. The number of terminal acetylenes is 1. The molecule has 0 unspecified atom stereocenters. The normalized spacial score (nSPS) is 24.0.